The standard InChI is InChI=1S/C12H17N3O5S/c1-8(11(16)17)15-12(18)14-7-6-9-2-4-10(5-3-9)21(13,19)20/h2-5,8H,6-7H2,1H3,(H,16,17)(H2,13,19,20)(H2,14,15,18)/t8-/m1/s1. The zero-order valence-electron chi connectivity index (χ0n) is 11.4. The Morgan fingerprint density at radius 1 is 1.29 bits per heavy atom. The maximum absolute atomic E-state index is 11.4. The first kappa shape index (κ1) is 16.9. The van der Waals surface area contributed by atoms with E-state index in [1.165, 1.54) is 19.1 Å². The number of carboxylic acid groups (broad SMARTS) is 1. The molecule has 2 amide bonds. The van der Waals surface area contributed by atoms with Crippen LogP contribution in [0.3, 0.4) is 0 Å². The van der Waals surface area contributed by atoms with Gasteiger partial charge in [-0.3, -0.25) is 4.79 Å². The second-order valence-electron chi connectivity index (χ2n) is 4.40. The van der Waals surface area contributed by atoms with E-state index in [0.717, 1.165) is 5.56 Å². The van der Waals surface area contributed by atoms with Gasteiger partial charge in [0.2, 0.25) is 10.0 Å². The van der Waals surface area contributed by atoms with Crippen molar-refractivity contribution in [2.45, 2.75) is 24.3 Å². The summed E-state index contributed by atoms with van der Waals surface area (Å²) in [7, 11) is -3.71. The minimum absolute atomic E-state index is 0.0206. The van der Waals surface area contributed by atoms with Crippen LogP contribution in [0, 0.1) is 0 Å². The van der Waals surface area contributed by atoms with Crippen molar-refractivity contribution in [1.29, 1.82) is 0 Å². The van der Waals surface area contributed by atoms with E-state index in [1.807, 2.05) is 0 Å². The van der Waals surface area contributed by atoms with Gasteiger partial charge in [0, 0.05) is 6.54 Å². The maximum atomic E-state index is 11.4. The lowest BCUT2D eigenvalue weighted by Gasteiger charge is -2.10. The van der Waals surface area contributed by atoms with Crippen LogP contribution in [0.2, 0.25) is 0 Å². The Balaban J connectivity index is 2.43. The predicted molar refractivity (Wildman–Crippen MR) is 75.2 cm³/mol. The largest absolute Gasteiger partial charge is 0.480 e. The second-order valence-corrected chi connectivity index (χ2v) is 5.96. The summed E-state index contributed by atoms with van der Waals surface area (Å²) < 4.78 is 22.1. The van der Waals surface area contributed by atoms with Crippen molar-refractivity contribution in [1.82, 2.24) is 10.6 Å². The number of nitrogens with two attached hydrogens (primary N) is 1. The van der Waals surface area contributed by atoms with Crippen LogP contribution in [-0.4, -0.2) is 38.1 Å². The zero-order chi connectivity index (χ0) is 16.0. The second kappa shape index (κ2) is 7.04. The minimum Gasteiger partial charge on any atom is -0.480 e. The summed E-state index contributed by atoms with van der Waals surface area (Å²) >= 11 is 0. The molecule has 0 aliphatic carbocycles. The van der Waals surface area contributed by atoms with E-state index in [9.17, 15) is 18.0 Å². The molecule has 0 saturated carbocycles. The van der Waals surface area contributed by atoms with Crippen molar-refractivity contribution in [3.05, 3.63) is 29.8 Å². The molecule has 8 nitrogen and oxygen atoms in total. The highest BCUT2D eigenvalue weighted by molar-refractivity contribution is 7.89. The number of amides is 2. The molecule has 0 fully saturated rings. The van der Waals surface area contributed by atoms with Gasteiger partial charge in [0.25, 0.3) is 0 Å². The number of hydrogen-bond donors (Lipinski definition) is 4. The van der Waals surface area contributed by atoms with Gasteiger partial charge >= 0.3 is 12.0 Å². The van der Waals surface area contributed by atoms with Crippen molar-refractivity contribution in [2.24, 2.45) is 5.14 Å². The lowest BCUT2D eigenvalue weighted by molar-refractivity contribution is -0.138. The van der Waals surface area contributed by atoms with Crippen LogP contribution >= 0.6 is 0 Å². The zero-order valence-corrected chi connectivity index (χ0v) is 12.2. The van der Waals surface area contributed by atoms with Crippen LogP contribution in [-0.2, 0) is 21.2 Å². The molecule has 0 aromatic heterocycles. The molecule has 0 unspecified atom stereocenters. The lowest BCUT2D eigenvalue weighted by Crippen LogP contribution is -2.44. The van der Waals surface area contributed by atoms with E-state index < -0.39 is 28.1 Å². The Bertz CT molecular complexity index is 612. The van der Waals surface area contributed by atoms with Crippen LogP contribution in [0.5, 0.6) is 0 Å². The topological polar surface area (TPSA) is 139 Å². The molecule has 0 bridgehead atoms. The average Bonchev–Trinajstić information content (AvgIpc) is 2.38. The van der Waals surface area contributed by atoms with Crippen molar-refractivity contribution in [2.75, 3.05) is 6.54 Å². The Morgan fingerprint density at radius 3 is 2.33 bits per heavy atom. The molecule has 1 aromatic rings. The number of nitrogens with one attached hydrogen (secondary N) is 2. The highest BCUT2D eigenvalue weighted by Crippen LogP contribution is 2.08. The number of primary sulfonamides is 1. The van der Waals surface area contributed by atoms with Crippen molar-refractivity contribution in [3.63, 3.8) is 0 Å². The molecule has 5 N–H and O–H groups in total. The number of rotatable bonds is 6. The summed E-state index contributed by atoms with van der Waals surface area (Å²) in [4.78, 5) is 21.9. The monoisotopic (exact) mass is 315 g/mol. The van der Waals surface area contributed by atoms with Gasteiger partial charge in [-0.1, -0.05) is 12.1 Å². The maximum Gasteiger partial charge on any atom is 0.325 e. The minimum atomic E-state index is -3.71. The summed E-state index contributed by atoms with van der Waals surface area (Å²) in [6.07, 6.45) is 0.472. The average molecular weight is 315 g/mol. The number of carbonyl (C=O) groups excluding carboxylic acids is 1. The van der Waals surface area contributed by atoms with Crippen LogP contribution in [0.1, 0.15) is 12.5 Å². The lowest BCUT2D eigenvalue weighted by atomic mass is 10.1. The molecule has 1 aromatic carbocycles. The molecule has 0 aliphatic heterocycles. The highest BCUT2D eigenvalue weighted by atomic mass is 32.2. The number of aliphatic carboxylic acids is 1. The fraction of sp³-hybridized carbons (Fsp3) is 0.333. The third-order valence-electron chi connectivity index (χ3n) is 2.67. The summed E-state index contributed by atoms with van der Waals surface area (Å²) in [5.74, 6) is -1.12. The van der Waals surface area contributed by atoms with Crippen molar-refractivity contribution < 1.29 is 23.1 Å². The molecule has 0 heterocycles. The van der Waals surface area contributed by atoms with Crippen molar-refractivity contribution in [3.8, 4) is 0 Å². The van der Waals surface area contributed by atoms with Crippen LogP contribution in [0.4, 0.5) is 4.79 Å². The van der Waals surface area contributed by atoms with Crippen molar-refractivity contribution >= 4 is 22.0 Å². The summed E-state index contributed by atoms with van der Waals surface area (Å²) in [6.45, 7) is 1.64. The fourth-order valence-corrected chi connectivity index (χ4v) is 1.99. The number of hydrogen-bond acceptors (Lipinski definition) is 4. The summed E-state index contributed by atoms with van der Waals surface area (Å²) in [5, 5.41) is 18.4. The number of urea groups is 1. The molecule has 116 valence electrons. The molecule has 1 rings (SSSR count). The molecule has 9 heteroatoms. The number of sulfonamides is 1. The quantitative estimate of drug-likeness (QED) is 0.568. The van der Waals surface area contributed by atoms with Gasteiger partial charge in [-0.25, -0.2) is 18.4 Å². The van der Waals surface area contributed by atoms with E-state index in [0.29, 0.717) is 6.42 Å². The van der Waals surface area contributed by atoms with E-state index >= 15 is 0 Å². The molecule has 0 aliphatic rings. The SMILES string of the molecule is C[C@@H](NC(=O)NCCc1ccc(S(N)(=O)=O)cc1)C(=O)O. The molecular weight excluding hydrogens is 298 g/mol. The van der Waals surface area contributed by atoms with E-state index in [-0.39, 0.29) is 11.4 Å². The molecule has 1 atom stereocenters. The predicted octanol–water partition coefficient (Wildman–Crippen LogP) is -0.351. The third kappa shape index (κ3) is 5.79. The van der Waals surface area contributed by atoms with Crippen LogP contribution < -0.4 is 15.8 Å². The normalized spacial score (nSPS) is 12.5. The van der Waals surface area contributed by atoms with E-state index in [4.69, 9.17) is 10.2 Å². The molecule has 0 saturated heterocycles. The van der Waals surface area contributed by atoms with Gasteiger partial charge in [-0.05, 0) is 31.0 Å². The van der Waals surface area contributed by atoms with Crippen LogP contribution in [0.15, 0.2) is 29.2 Å². The molecular formula is C12H17N3O5S. The van der Waals surface area contributed by atoms with E-state index in [2.05, 4.69) is 10.6 Å². The summed E-state index contributed by atoms with van der Waals surface area (Å²) in [5.41, 5.74) is 0.814. The van der Waals surface area contributed by atoms with Gasteiger partial charge in [-0.2, -0.15) is 0 Å². The number of benzene rings is 1. The Morgan fingerprint density at radius 2 is 1.86 bits per heavy atom. The number of carboxylic acids is 1. The Labute approximate surface area is 122 Å². The van der Waals surface area contributed by atoms with Crippen LogP contribution in [0.25, 0.3) is 0 Å². The van der Waals surface area contributed by atoms with Gasteiger partial charge in [-0.15, -0.1) is 0 Å². The Kier molecular flexibility index (Phi) is 5.68. The fourth-order valence-electron chi connectivity index (χ4n) is 1.48. The summed E-state index contributed by atoms with van der Waals surface area (Å²) in [6, 6.07) is 4.41. The third-order valence-corrected chi connectivity index (χ3v) is 3.60. The molecule has 0 radical (unpaired) electrons. The van der Waals surface area contributed by atoms with E-state index in [1.54, 1.807) is 12.1 Å². The highest BCUT2D eigenvalue weighted by Gasteiger charge is 2.13. The van der Waals surface area contributed by atoms with Gasteiger partial charge < -0.3 is 15.7 Å². The Hall–Kier alpha value is -2.13. The first-order chi connectivity index (χ1) is 9.70. The first-order valence-electron chi connectivity index (χ1n) is 6.09. The smallest absolute Gasteiger partial charge is 0.325 e. The first-order valence-corrected chi connectivity index (χ1v) is 7.63. The van der Waals surface area contributed by atoms with Gasteiger partial charge in [0.15, 0.2) is 0 Å². The van der Waals surface area contributed by atoms with Gasteiger partial charge in [0.1, 0.15) is 6.04 Å². The number of carbonyl (C=O) groups is 2. The molecule has 21 heavy (non-hydrogen) atoms. The molecule has 0 spiro atoms. The van der Waals surface area contributed by atoms with Gasteiger partial charge in [0.05, 0.1) is 4.90 Å².